The maximum atomic E-state index is 12.4. The first-order valence-corrected chi connectivity index (χ1v) is 7.60. The molecule has 1 heterocycles. The van der Waals surface area contributed by atoms with Crippen LogP contribution < -0.4 is 10.1 Å². The number of aryl methyl sites for hydroxylation is 1. The van der Waals surface area contributed by atoms with Gasteiger partial charge in [0.15, 0.2) is 0 Å². The quantitative estimate of drug-likeness (QED) is 0.882. The second-order valence-corrected chi connectivity index (χ2v) is 5.27. The molecule has 0 unspecified atom stereocenters. The lowest BCUT2D eigenvalue weighted by Crippen LogP contribution is -2.18. The Kier molecular flexibility index (Phi) is 5.20. The van der Waals surface area contributed by atoms with Gasteiger partial charge in [-0.25, -0.2) is 4.68 Å². The summed E-state index contributed by atoms with van der Waals surface area (Å²) in [5, 5.41) is 7.27. The molecule has 0 aliphatic heterocycles. The van der Waals surface area contributed by atoms with E-state index >= 15 is 0 Å². The number of ether oxygens (including phenoxy) is 1. The molecule has 1 aromatic carbocycles. The van der Waals surface area contributed by atoms with Gasteiger partial charge in [-0.3, -0.25) is 4.79 Å². The van der Waals surface area contributed by atoms with Crippen LogP contribution in [0, 0.1) is 6.92 Å². The molecule has 5 heteroatoms. The molecule has 2 aromatic rings. The van der Waals surface area contributed by atoms with Crippen molar-refractivity contribution in [3.8, 4) is 5.75 Å². The predicted molar refractivity (Wildman–Crippen MR) is 87.5 cm³/mol. The lowest BCUT2D eigenvalue weighted by atomic mass is 10.1. The topological polar surface area (TPSA) is 56.2 Å². The number of anilines is 1. The van der Waals surface area contributed by atoms with Crippen molar-refractivity contribution in [3.63, 3.8) is 0 Å². The number of benzene rings is 1. The molecule has 5 nitrogen and oxygen atoms in total. The number of nitrogens with zero attached hydrogens (tertiary/aromatic N) is 2. The van der Waals surface area contributed by atoms with Gasteiger partial charge in [-0.1, -0.05) is 13.8 Å². The van der Waals surface area contributed by atoms with E-state index in [0.717, 1.165) is 30.0 Å². The van der Waals surface area contributed by atoms with Gasteiger partial charge < -0.3 is 10.1 Å². The van der Waals surface area contributed by atoms with E-state index in [0.29, 0.717) is 11.6 Å². The normalized spacial score (nSPS) is 10.8. The monoisotopic (exact) mass is 301 g/mol. The summed E-state index contributed by atoms with van der Waals surface area (Å²) in [7, 11) is 1.62. The molecular weight excluding hydrogens is 278 g/mol. The summed E-state index contributed by atoms with van der Waals surface area (Å²) in [4.78, 5) is 12.4. The highest BCUT2D eigenvalue weighted by atomic mass is 16.5. The summed E-state index contributed by atoms with van der Waals surface area (Å²) in [6.07, 6.45) is 3.67. The number of aromatic nitrogens is 2. The van der Waals surface area contributed by atoms with Gasteiger partial charge >= 0.3 is 0 Å². The Balaban J connectivity index is 2.19. The Bertz CT molecular complexity index is 645. The lowest BCUT2D eigenvalue weighted by molar-refractivity contribution is 0.102. The van der Waals surface area contributed by atoms with Crippen molar-refractivity contribution in [3.05, 3.63) is 41.6 Å². The van der Waals surface area contributed by atoms with Gasteiger partial charge in [-0.2, -0.15) is 5.10 Å². The molecule has 22 heavy (non-hydrogen) atoms. The zero-order valence-electron chi connectivity index (χ0n) is 13.6. The number of amides is 1. The van der Waals surface area contributed by atoms with Crippen LogP contribution in [-0.4, -0.2) is 22.8 Å². The van der Waals surface area contributed by atoms with E-state index in [-0.39, 0.29) is 5.91 Å². The van der Waals surface area contributed by atoms with Crippen LogP contribution in [0.1, 0.15) is 48.7 Å². The number of carbonyl (C=O) groups excluding carboxylic acids is 1. The van der Waals surface area contributed by atoms with Gasteiger partial charge in [-0.15, -0.1) is 0 Å². The maximum Gasteiger partial charge on any atom is 0.256 e. The lowest BCUT2D eigenvalue weighted by Gasteiger charge is -2.17. The fourth-order valence-corrected chi connectivity index (χ4v) is 2.55. The van der Waals surface area contributed by atoms with E-state index in [1.165, 1.54) is 0 Å². The van der Waals surface area contributed by atoms with Gasteiger partial charge in [0.05, 0.1) is 19.3 Å². The first-order valence-electron chi connectivity index (χ1n) is 7.60. The van der Waals surface area contributed by atoms with Gasteiger partial charge in [0.1, 0.15) is 11.6 Å². The fourth-order valence-electron chi connectivity index (χ4n) is 2.55. The summed E-state index contributed by atoms with van der Waals surface area (Å²) in [6.45, 7) is 6.16. The molecule has 1 amide bonds. The van der Waals surface area contributed by atoms with Crippen molar-refractivity contribution in [2.24, 2.45) is 0 Å². The van der Waals surface area contributed by atoms with E-state index in [4.69, 9.17) is 4.74 Å². The summed E-state index contributed by atoms with van der Waals surface area (Å²) in [5.74, 6) is 1.37. The number of methoxy groups -OCH3 is 1. The molecule has 0 saturated heterocycles. The highest BCUT2D eigenvalue weighted by molar-refractivity contribution is 6.04. The number of nitrogens with one attached hydrogen (secondary N) is 1. The molecule has 118 valence electrons. The Hall–Kier alpha value is -2.30. The third-order valence-electron chi connectivity index (χ3n) is 3.86. The molecule has 0 aliphatic carbocycles. The zero-order chi connectivity index (χ0) is 16.1. The minimum atomic E-state index is -0.140. The predicted octanol–water partition coefficient (Wildman–Crippen LogP) is 3.81. The second-order valence-electron chi connectivity index (χ2n) is 5.27. The Labute approximate surface area is 131 Å². The van der Waals surface area contributed by atoms with Crippen molar-refractivity contribution in [1.82, 2.24) is 9.78 Å². The summed E-state index contributed by atoms with van der Waals surface area (Å²) in [6, 6.07) is 7.52. The molecule has 0 bridgehead atoms. The minimum absolute atomic E-state index is 0.140. The van der Waals surface area contributed by atoms with Crippen LogP contribution in [0.4, 0.5) is 5.82 Å². The Morgan fingerprint density at radius 1 is 1.32 bits per heavy atom. The Morgan fingerprint density at radius 3 is 2.64 bits per heavy atom. The van der Waals surface area contributed by atoms with Crippen LogP contribution in [0.3, 0.4) is 0 Å². The van der Waals surface area contributed by atoms with Crippen molar-refractivity contribution in [2.45, 2.75) is 39.7 Å². The minimum Gasteiger partial charge on any atom is -0.496 e. The molecule has 0 fully saturated rings. The number of rotatable bonds is 6. The highest BCUT2D eigenvalue weighted by Gasteiger charge is 2.15. The summed E-state index contributed by atoms with van der Waals surface area (Å²) >= 11 is 0. The highest BCUT2D eigenvalue weighted by Crippen LogP contribution is 2.22. The van der Waals surface area contributed by atoms with Crippen molar-refractivity contribution >= 4 is 11.7 Å². The van der Waals surface area contributed by atoms with E-state index in [1.807, 2.05) is 29.8 Å². The first-order chi connectivity index (χ1) is 10.6. The maximum absolute atomic E-state index is 12.4. The van der Waals surface area contributed by atoms with Crippen LogP contribution in [0.5, 0.6) is 5.75 Å². The number of hydrogen-bond acceptors (Lipinski definition) is 3. The molecule has 0 saturated carbocycles. The zero-order valence-corrected chi connectivity index (χ0v) is 13.6. The summed E-state index contributed by atoms with van der Waals surface area (Å²) < 4.78 is 7.10. The largest absolute Gasteiger partial charge is 0.496 e. The van der Waals surface area contributed by atoms with Crippen LogP contribution in [-0.2, 0) is 0 Å². The van der Waals surface area contributed by atoms with Gasteiger partial charge in [0, 0.05) is 11.6 Å². The van der Waals surface area contributed by atoms with Gasteiger partial charge in [0.2, 0.25) is 0 Å². The average molecular weight is 301 g/mol. The van der Waals surface area contributed by atoms with Crippen LogP contribution in [0.15, 0.2) is 30.5 Å². The molecule has 0 atom stereocenters. The van der Waals surface area contributed by atoms with Crippen LogP contribution >= 0.6 is 0 Å². The van der Waals surface area contributed by atoms with Crippen LogP contribution in [0.2, 0.25) is 0 Å². The molecular formula is C17H23N3O2. The summed E-state index contributed by atoms with van der Waals surface area (Å²) in [5.41, 5.74) is 1.54. The second kappa shape index (κ2) is 7.11. The molecule has 0 aliphatic rings. The smallest absolute Gasteiger partial charge is 0.256 e. The van der Waals surface area contributed by atoms with E-state index in [2.05, 4.69) is 24.3 Å². The molecule has 1 N–H and O–H groups in total. The fraction of sp³-hybridized carbons (Fsp3) is 0.412. The standard InChI is InChI=1S/C17H23N3O2/c1-5-14(6-2)20-16(9-10-18-20)19-17(21)13-7-8-15(22-4)12(3)11-13/h7-11,14H,5-6H2,1-4H3,(H,19,21). The van der Waals surface area contributed by atoms with Gasteiger partial charge in [0.25, 0.3) is 5.91 Å². The molecule has 1 aromatic heterocycles. The SMILES string of the molecule is CCC(CC)n1nccc1NC(=O)c1ccc(OC)c(C)c1. The van der Waals surface area contributed by atoms with Gasteiger partial charge in [-0.05, 0) is 43.5 Å². The van der Waals surface area contributed by atoms with Crippen LogP contribution in [0.25, 0.3) is 0 Å². The third-order valence-corrected chi connectivity index (χ3v) is 3.86. The third kappa shape index (κ3) is 3.30. The first kappa shape index (κ1) is 16.1. The van der Waals surface area contributed by atoms with E-state index in [9.17, 15) is 4.79 Å². The average Bonchev–Trinajstić information content (AvgIpc) is 2.96. The van der Waals surface area contributed by atoms with Crippen molar-refractivity contribution in [2.75, 3.05) is 12.4 Å². The van der Waals surface area contributed by atoms with Crippen molar-refractivity contribution in [1.29, 1.82) is 0 Å². The van der Waals surface area contributed by atoms with E-state index < -0.39 is 0 Å². The van der Waals surface area contributed by atoms with Crippen molar-refractivity contribution < 1.29 is 9.53 Å². The number of carbonyl (C=O) groups is 1. The van der Waals surface area contributed by atoms with E-state index in [1.54, 1.807) is 19.4 Å². The Morgan fingerprint density at radius 2 is 2.05 bits per heavy atom. The number of hydrogen-bond donors (Lipinski definition) is 1. The molecule has 2 rings (SSSR count). The molecule has 0 radical (unpaired) electrons. The molecule has 0 spiro atoms.